The van der Waals surface area contributed by atoms with Gasteiger partial charge in [0.05, 0.1) is 0 Å². The van der Waals surface area contributed by atoms with Crippen LogP contribution in [0.2, 0.25) is 0 Å². The molecule has 6 nitrogen and oxygen atoms in total. The van der Waals surface area contributed by atoms with Gasteiger partial charge in [-0.2, -0.15) is 0 Å². The van der Waals surface area contributed by atoms with Crippen LogP contribution in [0.25, 0.3) is 0 Å². The van der Waals surface area contributed by atoms with E-state index in [0.29, 0.717) is 12.3 Å². The number of carbonyl (C=O) groups excluding carboxylic acids is 2. The summed E-state index contributed by atoms with van der Waals surface area (Å²) >= 11 is 0. The maximum Gasteiger partial charge on any atom is 0.404 e. The zero-order valence-corrected chi connectivity index (χ0v) is 11.6. The molecular formula is C14H22N2O4. The first-order valence-electron chi connectivity index (χ1n) is 7.32. The van der Waals surface area contributed by atoms with E-state index in [9.17, 15) is 14.4 Å². The number of nitrogens with zero attached hydrogens (tertiary/aromatic N) is 1. The number of carboxylic acid groups (broad SMARTS) is 1. The van der Waals surface area contributed by atoms with E-state index in [-0.39, 0.29) is 24.3 Å². The normalized spacial score (nSPS) is 21.3. The predicted molar refractivity (Wildman–Crippen MR) is 72.3 cm³/mol. The van der Waals surface area contributed by atoms with Crippen LogP contribution in [0.4, 0.5) is 4.79 Å². The molecule has 1 aliphatic carbocycles. The van der Waals surface area contributed by atoms with E-state index in [4.69, 9.17) is 5.11 Å². The van der Waals surface area contributed by atoms with Crippen LogP contribution in [0.15, 0.2) is 0 Å². The van der Waals surface area contributed by atoms with Gasteiger partial charge in [-0.1, -0.05) is 0 Å². The lowest BCUT2D eigenvalue weighted by Crippen LogP contribution is -2.42. The fraction of sp³-hybridized carbons (Fsp3) is 0.786. The van der Waals surface area contributed by atoms with Gasteiger partial charge in [-0.05, 0) is 38.0 Å². The van der Waals surface area contributed by atoms with Crippen molar-refractivity contribution in [2.75, 3.05) is 13.1 Å². The average molecular weight is 282 g/mol. The summed E-state index contributed by atoms with van der Waals surface area (Å²) in [6, 6.07) is -0.305. The van der Waals surface area contributed by atoms with Crippen LogP contribution in [-0.4, -0.2) is 47.4 Å². The number of likely N-dealkylation sites (tertiary alicyclic amines) is 1. The lowest BCUT2D eigenvalue weighted by molar-refractivity contribution is -0.134. The molecule has 0 aromatic heterocycles. The fourth-order valence-electron chi connectivity index (χ4n) is 2.88. The Hall–Kier alpha value is -1.59. The van der Waals surface area contributed by atoms with E-state index in [1.807, 2.05) is 4.90 Å². The molecule has 1 aliphatic heterocycles. The van der Waals surface area contributed by atoms with Crippen LogP contribution in [0, 0.1) is 11.8 Å². The maximum atomic E-state index is 11.9. The minimum Gasteiger partial charge on any atom is -0.465 e. The highest BCUT2D eigenvalue weighted by atomic mass is 16.4. The average Bonchev–Trinajstić information content (AvgIpc) is 3.22. The molecule has 1 saturated carbocycles. The van der Waals surface area contributed by atoms with Gasteiger partial charge >= 0.3 is 6.09 Å². The third-order valence-corrected chi connectivity index (χ3v) is 4.18. The summed E-state index contributed by atoms with van der Waals surface area (Å²) < 4.78 is 0. The molecule has 0 aromatic rings. The quantitative estimate of drug-likeness (QED) is 0.718. The molecule has 6 heteroatoms. The zero-order chi connectivity index (χ0) is 14.5. The third-order valence-electron chi connectivity index (χ3n) is 4.18. The van der Waals surface area contributed by atoms with E-state index in [0.717, 1.165) is 45.1 Å². The first-order chi connectivity index (χ1) is 9.60. The highest BCUT2D eigenvalue weighted by molar-refractivity contribution is 5.81. The van der Waals surface area contributed by atoms with Crippen molar-refractivity contribution >= 4 is 18.3 Å². The Morgan fingerprint density at radius 1 is 1.25 bits per heavy atom. The van der Waals surface area contributed by atoms with Crippen LogP contribution >= 0.6 is 0 Å². The molecule has 1 atom stereocenters. The molecule has 0 radical (unpaired) electrons. The SMILES string of the molecule is O=CCC(CC1CCN(C(=O)C2CC2)CC1)NC(=O)O. The number of hydrogen-bond donors (Lipinski definition) is 2. The van der Waals surface area contributed by atoms with Gasteiger partial charge in [0.25, 0.3) is 0 Å². The van der Waals surface area contributed by atoms with Gasteiger partial charge in [-0.25, -0.2) is 4.79 Å². The summed E-state index contributed by atoms with van der Waals surface area (Å²) in [5, 5.41) is 11.1. The van der Waals surface area contributed by atoms with Crippen molar-refractivity contribution in [3.8, 4) is 0 Å². The van der Waals surface area contributed by atoms with Crippen molar-refractivity contribution < 1.29 is 19.5 Å². The molecule has 112 valence electrons. The molecule has 0 spiro atoms. The van der Waals surface area contributed by atoms with E-state index in [1.54, 1.807) is 0 Å². The van der Waals surface area contributed by atoms with Crippen LogP contribution in [0.1, 0.15) is 38.5 Å². The molecule has 2 aliphatic rings. The fourth-order valence-corrected chi connectivity index (χ4v) is 2.88. The highest BCUT2D eigenvalue weighted by Gasteiger charge is 2.35. The molecule has 2 rings (SSSR count). The minimum atomic E-state index is -1.09. The summed E-state index contributed by atoms with van der Waals surface area (Å²) in [6.07, 6.45) is 4.42. The summed E-state index contributed by atoms with van der Waals surface area (Å²) in [5.74, 6) is 0.939. The second kappa shape index (κ2) is 6.72. The summed E-state index contributed by atoms with van der Waals surface area (Å²) in [6.45, 7) is 1.53. The number of carbonyl (C=O) groups is 3. The molecule has 2 N–H and O–H groups in total. The van der Waals surface area contributed by atoms with Gasteiger partial charge in [0.1, 0.15) is 6.29 Å². The Bertz CT molecular complexity index is 373. The minimum absolute atomic E-state index is 0.216. The summed E-state index contributed by atoms with van der Waals surface area (Å²) in [7, 11) is 0. The Labute approximate surface area is 118 Å². The van der Waals surface area contributed by atoms with Crippen molar-refractivity contribution in [2.45, 2.75) is 44.6 Å². The van der Waals surface area contributed by atoms with Gasteiger partial charge in [0.2, 0.25) is 5.91 Å². The van der Waals surface area contributed by atoms with E-state index >= 15 is 0 Å². The van der Waals surface area contributed by atoms with Crippen molar-refractivity contribution in [3.63, 3.8) is 0 Å². The molecule has 1 unspecified atom stereocenters. The number of nitrogens with one attached hydrogen (secondary N) is 1. The molecule has 1 heterocycles. The van der Waals surface area contributed by atoms with Gasteiger partial charge < -0.3 is 20.1 Å². The lowest BCUT2D eigenvalue weighted by atomic mass is 9.89. The Balaban J connectivity index is 1.75. The van der Waals surface area contributed by atoms with Crippen LogP contribution < -0.4 is 5.32 Å². The van der Waals surface area contributed by atoms with E-state index in [1.165, 1.54) is 0 Å². The molecule has 2 amide bonds. The number of hydrogen-bond acceptors (Lipinski definition) is 3. The van der Waals surface area contributed by atoms with Crippen LogP contribution in [-0.2, 0) is 9.59 Å². The Morgan fingerprint density at radius 3 is 2.40 bits per heavy atom. The molecule has 2 fully saturated rings. The van der Waals surface area contributed by atoms with E-state index < -0.39 is 6.09 Å². The van der Waals surface area contributed by atoms with Crippen molar-refractivity contribution in [3.05, 3.63) is 0 Å². The van der Waals surface area contributed by atoms with Crippen molar-refractivity contribution in [2.24, 2.45) is 11.8 Å². The Morgan fingerprint density at radius 2 is 1.90 bits per heavy atom. The van der Waals surface area contributed by atoms with Crippen LogP contribution in [0.5, 0.6) is 0 Å². The zero-order valence-electron chi connectivity index (χ0n) is 11.6. The first-order valence-corrected chi connectivity index (χ1v) is 7.32. The van der Waals surface area contributed by atoms with Gasteiger partial charge in [0.15, 0.2) is 0 Å². The molecule has 1 saturated heterocycles. The number of aldehydes is 1. The standard InChI is InChI=1S/C14H22N2O4/c17-8-5-12(15-14(19)20)9-10-3-6-16(7-4-10)13(18)11-1-2-11/h8,10-12,15H,1-7,9H2,(H,19,20). The largest absolute Gasteiger partial charge is 0.465 e. The van der Waals surface area contributed by atoms with E-state index in [2.05, 4.69) is 5.32 Å². The lowest BCUT2D eigenvalue weighted by Gasteiger charge is -2.33. The number of rotatable bonds is 6. The smallest absolute Gasteiger partial charge is 0.404 e. The number of amides is 2. The first kappa shape index (κ1) is 14.8. The number of piperidine rings is 1. The van der Waals surface area contributed by atoms with Crippen molar-refractivity contribution in [1.29, 1.82) is 0 Å². The predicted octanol–water partition coefficient (Wildman–Crippen LogP) is 1.25. The highest BCUT2D eigenvalue weighted by Crippen LogP contribution is 2.33. The topological polar surface area (TPSA) is 86.7 Å². The van der Waals surface area contributed by atoms with Gasteiger partial charge in [0, 0.05) is 31.5 Å². The second-order valence-corrected chi connectivity index (χ2v) is 5.83. The molecular weight excluding hydrogens is 260 g/mol. The summed E-state index contributed by atoms with van der Waals surface area (Å²) in [4.78, 5) is 35.1. The molecule has 0 aromatic carbocycles. The Kier molecular flexibility index (Phi) is 4.98. The maximum absolute atomic E-state index is 11.9. The van der Waals surface area contributed by atoms with Gasteiger partial charge in [-0.3, -0.25) is 4.79 Å². The van der Waals surface area contributed by atoms with Crippen LogP contribution in [0.3, 0.4) is 0 Å². The van der Waals surface area contributed by atoms with Gasteiger partial charge in [-0.15, -0.1) is 0 Å². The monoisotopic (exact) mass is 282 g/mol. The van der Waals surface area contributed by atoms with Crippen molar-refractivity contribution in [1.82, 2.24) is 10.2 Å². The second-order valence-electron chi connectivity index (χ2n) is 5.83. The summed E-state index contributed by atoms with van der Waals surface area (Å²) in [5.41, 5.74) is 0. The molecule has 20 heavy (non-hydrogen) atoms. The molecule has 0 bridgehead atoms. The third kappa shape index (κ3) is 4.21.